The van der Waals surface area contributed by atoms with Gasteiger partial charge >= 0.3 is 0 Å². The average Bonchev–Trinajstić information content (AvgIpc) is 2.69. The van der Waals surface area contributed by atoms with Gasteiger partial charge in [-0.25, -0.2) is 0 Å². The Balaban J connectivity index is 2.19. The largest absolute Gasteiger partial charge is 0.508 e. The van der Waals surface area contributed by atoms with Crippen molar-refractivity contribution in [2.75, 3.05) is 0 Å². The van der Waals surface area contributed by atoms with Crippen molar-refractivity contribution in [1.29, 1.82) is 0 Å². The molecule has 4 N–H and O–H groups in total. The zero-order valence-electron chi connectivity index (χ0n) is 15.5. The van der Waals surface area contributed by atoms with Gasteiger partial charge in [-0.1, -0.05) is 48.5 Å². The van der Waals surface area contributed by atoms with E-state index in [4.69, 9.17) is 0 Å². The molecule has 0 heterocycles. The van der Waals surface area contributed by atoms with Crippen molar-refractivity contribution in [3.63, 3.8) is 0 Å². The van der Waals surface area contributed by atoms with E-state index >= 15 is 0 Å². The lowest BCUT2D eigenvalue weighted by atomic mass is 10.3. The maximum atomic E-state index is 10.3. The highest BCUT2D eigenvalue weighted by molar-refractivity contribution is 7.20. The van der Waals surface area contributed by atoms with Crippen LogP contribution in [0.4, 0.5) is 0 Å². The number of benzene rings is 4. The van der Waals surface area contributed by atoms with Gasteiger partial charge in [0.15, 0.2) is 8.07 Å². The van der Waals surface area contributed by atoms with Crippen LogP contribution in [-0.4, -0.2) is 28.5 Å². The van der Waals surface area contributed by atoms with E-state index in [0.29, 0.717) is 0 Å². The summed E-state index contributed by atoms with van der Waals surface area (Å²) in [6, 6.07) is 28.1. The van der Waals surface area contributed by atoms with Gasteiger partial charge in [0.05, 0.1) is 0 Å². The van der Waals surface area contributed by atoms with Crippen molar-refractivity contribution >= 4 is 28.8 Å². The van der Waals surface area contributed by atoms with Crippen LogP contribution in [-0.2, 0) is 0 Å². The lowest BCUT2D eigenvalue weighted by Gasteiger charge is -2.34. The lowest BCUT2D eigenvalue weighted by Crippen LogP contribution is -2.74. The van der Waals surface area contributed by atoms with Crippen molar-refractivity contribution in [3.05, 3.63) is 97.1 Å². The molecular formula is C24H20O4Si. The van der Waals surface area contributed by atoms with Crippen LogP contribution in [0.5, 0.6) is 23.0 Å². The second-order valence-electron chi connectivity index (χ2n) is 6.95. The Hall–Kier alpha value is -3.70. The summed E-state index contributed by atoms with van der Waals surface area (Å²) in [6.45, 7) is 0. The van der Waals surface area contributed by atoms with Crippen molar-refractivity contribution in [2.24, 2.45) is 0 Å². The van der Waals surface area contributed by atoms with Crippen molar-refractivity contribution < 1.29 is 20.4 Å². The number of hydrogen-bond donors (Lipinski definition) is 4. The molecule has 0 saturated heterocycles. The molecule has 0 aromatic heterocycles. The topological polar surface area (TPSA) is 80.9 Å². The highest BCUT2D eigenvalue weighted by Gasteiger charge is 2.42. The van der Waals surface area contributed by atoms with Gasteiger partial charge in [-0.05, 0) is 69.3 Å². The van der Waals surface area contributed by atoms with Gasteiger partial charge in [0, 0.05) is 0 Å². The van der Waals surface area contributed by atoms with Crippen molar-refractivity contribution in [1.82, 2.24) is 0 Å². The fourth-order valence-corrected chi connectivity index (χ4v) is 8.80. The average molecular weight is 401 g/mol. The highest BCUT2D eigenvalue weighted by Crippen LogP contribution is 2.18. The Kier molecular flexibility index (Phi) is 4.74. The van der Waals surface area contributed by atoms with Gasteiger partial charge in [-0.2, -0.15) is 0 Å². The van der Waals surface area contributed by atoms with E-state index in [1.165, 1.54) is 0 Å². The summed E-state index contributed by atoms with van der Waals surface area (Å²) in [5.74, 6) is 0.499. The normalized spacial score (nSPS) is 11.3. The molecule has 0 aliphatic heterocycles. The number of phenolic OH excluding ortho intramolecular Hbond substituents is 4. The Morgan fingerprint density at radius 3 is 0.828 bits per heavy atom. The van der Waals surface area contributed by atoms with Crippen LogP contribution in [0.2, 0.25) is 0 Å². The van der Waals surface area contributed by atoms with Gasteiger partial charge in [0.1, 0.15) is 23.0 Å². The zero-order valence-corrected chi connectivity index (χ0v) is 16.5. The first-order chi connectivity index (χ1) is 14.0. The number of rotatable bonds is 4. The Bertz CT molecular complexity index is 985. The molecule has 0 unspecified atom stereocenters. The summed E-state index contributed by atoms with van der Waals surface area (Å²) in [4.78, 5) is 0. The summed E-state index contributed by atoms with van der Waals surface area (Å²) in [5, 5.41) is 44.5. The summed E-state index contributed by atoms with van der Waals surface area (Å²) in [6.07, 6.45) is 0. The molecular weight excluding hydrogens is 380 g/mol. The molecule has 0 saturated carbocycles. The minimum absolute atomic E-state index is 0.125. The molecule has 0 radical (unpaired) electrons. The van der Waals surface area contributed by atoms with E-state index in [1.54, 1.807) is 72.8 Å². The molecule has 4 rings (SSSR count). The highest BCUT2D eigenvalue weighted by atomic mass is 28.3. The standard InChI is InChI=1S/C24H20O4Si/c25-17-5-1-9-21(13-17)29(22-10-2-6-18(26)14-22,23-11-3-7-19(27)15-23)24-12-4-8-20(28)16-24/h1-16,25-28H. The van der Waals surface area contributed by atoms with Gasteiger partial charge < -0.3 is 20.4 Å². The lowest BCUT2D eigenvalue weighted by molar-refractivity contribution is 0.475. The minimum Gasteiger partial charge on any atom is -0.508 e. The zero-order chi connectivity index (χ0) is 20.4. The van der Waals surface area contributed by atoms with E-state index < -0.39 is 8.07 Å². The molecule has 0 amide bonds. The van der Waals surface area contributed by atoms with Crippen LogP contribution in [0.15, 0.2) is 97.1 Å². The SMILES string of the molecule is Oc1cccc([Si](c2cccc(O)c2)(c2cccc(O)c2)c2cccc(O)c2)c1. The minimum atomic E-state index is -3.07. The third-order valence-corrected chi connectivity index (χ3v) is 9.82. The summed E-state index contributed by atoms with van der Waals surface area (Å²) >= 11 is 0. The number of phenols is 4. The molecule has 0 bridgehead atoms. The van der Waals surface area contributed by atoms with E-state index in [-0.39, 0.29) is 23.0 Å². The van der Waals surface area contributed by atoms with E-state index in [1.807, 2.05) is 24.3 Å². The molecule has 0 atom stereocenters. The molecule has 0 aliphatic carbocycles. The van der Waals surface area contributed by atoms with Gasteiger partial charge in [0.25, 0.3) is 0 Å². The predicted octanol–water partition coefficient (Wildman–Crippen LogP) is 1.89. The fraction of sp³-hybridized carbons (Fsp3) is 0. The summed E-state index contributed by atoms with van der Waals surface area (Å²) < 4.78 is 0. The molecule has 4 aromatic rings. The van der Waals surface area contributed by atoms with Crippen LogP contribution < -0.4 is 20.7 Å². The van der Waals surface area contributed by atoms with Crippen LogP contribution in [0.3, 0.4) is 0 Å². The van der Waals surface area contributed by atoms with Crippen molar-refractivity contribution in [3.8, 4) is 23.0 Å². The molecule has 4 nitrogen and oxygen atoms in total. The van der Waals surface area contributed by atoms with E-state index in [9.17, 15) is 20.4 Å². The predicted molar refractivity (Wildman–Crippen MR) is 117 cm³/mol. The second kappa shape index (κ2) is 7.37. The molecule has 144 valence electrons. The Morgan fingerprint density at radius 1 is 0.379 bits per heavy atom. The van der Waals surface area contributed by atoms with Gasteiger partial charge in [-0.3, -0.25) is 0 Å². The van der Waals surface area contributed by atoms with Crippen LogP contribution in [0, 0.1) is 0 Å². The fourth-order valence-electron chi connectivity index (χ4n) is 3.96. The maximum absolute atomic E-state index is 10.3. The third kappa shape index (κ3) is 3.32. The van der Waals surface area contributed by atoms with E-state index in [0.717, 1.165) is 20.7 Å². The van der Waals surface area contributed by atoms with Crippen LogP contribution in [0.25, 0.3) is 0 Å². The third-order valence-electron chi connectivity index (χ3n) is 5.12. The number of hydrogen-bond acceptors (Lipinski definition) is 4. The van der Waals surface area contributed by atoms with E-state index in [2.05, 4.69) is 0 Å². The summed E-state index contributed by atoms with van der Waals surface area (Å²) in [5.41, 5.74) is 0. The molecule has 0 fully saturated rings. The molecule has 5 heteroatoms. The van der Waals surface area contributed by atoms with Crippen LogP contribution in [0.1, 0.15) is 0 Å². The Morgan fingerprint density at radius 2 is 0.621 bits per heavy atom. The molecule has 0 spiro atoms. The maximum Gasteiger partial charge on any atom is 0.180 e. The monoisotopic (exact) mass is 400 g/mol. The molecule has 0 aliphatic rings. The van der Waals surface area contributed by atoms with Crippen LogP contribution >= 0.6 is 0 Å². The van der Waals surface area contributed by atoms with Crippen molar-refractivity contribution in [2.45, 2.75) is 0 Å². The van der Waals surface area contributed by atoms with Gasteiger partial charge in [0.2, 0.25) is 0 Å². The second-order valence-corrected chi connectivity index (χ2v) is 10.8. The first kappa shape index (κ1) is 18.7. The smallest absolute Gasteiger partial charge is 0.180 e. The molecule has 29 heavy (non-hydrogen) atoms. The number of aromatic hydroxyl groups is 4. The Labute approximate surface area is 169 Å². The summed E-state index contributed by atoms with van der Waals surface area (Å²) in [7, 11) is -3.07. The first-order valence-corrected chi connectivity index (χ1v) is 11.2. The quantitative estimate of drug-likeness (QED) is 0.312. The molecule has 4 aromatic carbocycles. The first-order valence-electron chi connectivity index (χ1n) is 9.18. The van der Waals surface area contributed by atoms with Gasteiger partial charge in [-0.15, -0.1) is 0 Å².